The molecule has 0 radical (unpaired) electrons. The first kappa shape index (κ1) is 45.6. The van der Waals surface area contributed by atoms with E-state index >= 15 is 0 Å². The second kappa shape index (κ2) is 17.6. The highest BCUT2D eigenvalue weighted by atomic mass is 32.1. The van der Waals surface area contributed by atoms with E-state index in [2.05, 4.69) is 243 Å². The molecular formula is C76H42N4S2. The molecule has 0 aliphatic carbocycles. The lowest BCUT2D eigenvalue weighted by molar-refractivity contribution is 1.35. The van der Waals surface area contributed by atoms with Gasteiger partial charge < -0.3 is 0 Å². The van der Waals surface area contributed by atoms with Crippen molar-refractivity contribution >= 4 is 150 Å². The number of hydrogen-bond donors (Lipinski definition) is 0. The third kappa shape index (κ3) is 6.89. The van der Waals surface area contributed by atoms with Crippen molar-refractivity contribution < 1.29 is 0 Å². The van der Waals surface area contributed by atoms with E-state index in [1.807, 2.05) is 34.9 Å². The molecule has 0 N–H and O–H groups in total. The zero-order valence-corrected chi connectivity index (χ0v) is 45.5. The minimum Gasteiger partial charge on any atom is -0.254 e. The molecule has 0 saturated heterocycles. The summed E-state index contributed by atoms with van der Waals surface area (Å²) in [4.78, 5) is 21.6. The van der Waals surface area contributed by atoms with E-state index in [9.17, 15) is 0 Å². The van der Waals surface area contributed by atoms with Gasteiger partial charge >= 0.3 is 0 Å². The Balaban J connectivity index is 0.764. The first-order valence-corrected chi connectivity index (χ1v) is 29.4. The van der Waals surface area contributed by atoms with Crippen LogP contribution in [0.25, 0.3) is 183 Å². The molecule has 18 rings (SSSR count). The molecule has 0 saturated carbocycles. The van der Waals surface area contributed by atoms with Crippen LogP contribution in [0.5, 0.6) is 0 Å². The van der Waals surface area contributed by atoms with Gasteiger partial charge in [0.05, 0.1) is 39.1 Å². The highest BCUT2D eigenvalue weighted by Crippen LogP contribution is 2.45. The maximum Gasteiger partial charge on any atom is 0.0978 e. The molecule has 378 valence electrons. The summed E-state index contributed by atoms with van der Waals surface area (Å²) in [6.07, 6.45) is 1.86. The highest BCUT2D eigenvalue weighted by molar-refractivity contribution is 7.27. The molecule has 0 aliphatic rings. The normalized spacial score (nSPS) is 12.1. The molecule has 18 aromatic rings. The van der Waals surface area contributed by atoms with Crippen molar-refractivity contribution in [1.82, 2.24) is 19.9 Å². The van der Waals surface area contributed by atoms with Gasteiger partial charge in [-0.3, -0.25) is 4.98 Å². The predicted molar refractivity (Wildman–Crippen MR) is 351 cm³/mol. The van der Waals surface area contributed by atoms with Crippen LogP contribution in [0.1, 0.15) is 0 Å². The average Bonchev–Trinajstić information content (AvgIpc) is 3.80. The lowest BCUT2D eigenvalue weighted by atomic mass is 9.91. The van der Waals surface area contributed by atoms with Crippen molar-refractivity contribution in [2.75, 3.05) is 0 Å². The Morgan fingerprint density at radius 3 is 1.22 bits per heavy atom. The molecule has 6 aromatic heterocycles. The smallest absolute Gasteiger partial charge is 0.0978 e. The predicted octanol–water partition coefficient (Wildman–Crippen LogP) is 21.6. The van der Waals surface area contributed by atoms with Crippen molar-refractivity contribution in [2.45, 2.75) is 0 Å². The Hall–Kier alpha value is -10.2. The van der Waals surface area contributed by atoms with Crippen molar-refractivity contribution in [3.63, 3.8) is 0 Å². The Labute approximate surface area is 477 Å². The number of aromatic nitrogens is 4. The van der Waals surface area contributed by atoms with Gasteiger partial charge in [0, 0.05) is 84.8 Å². The Bertz CT molecular complexity index is 5800. The lowest BCUT2D eigenvalue weighted by Gasteiger charge is -2.16. The van der Waals surface area contributed by atoms with Crippen LogP contribution in [0.3, 0.4) is 0 Å². The van der Waals surface area contributed by atoms with Crippen molar-refractivity contribution in [2.24, 2.45) is 0 Å². The van der Waals surface area contributed by atoms with Gasteiger partial charge in [0.2, 0.25) is 0 Å². The summed E-state index contributed by atoms with van der Waals surface area (Å²) in [5.74, 6) is 0. The molecule has 12 aromatic carbocycles. The van der Waals surface area contributed by atoms with Crippen LogP contribution in [0, 0.1) is 0 Å². The van der Waals surface area contributed by atoms with Crippen molar-refractivity contribution in [3.05, 3.63) is 255 Å². The van der Waals surface area contributed by atoms with Crippen LogP contribution in [0.4, 0.5) is 0 Å². The molecule has 6 heterocycles. The molecule has 4 nitrogen and oxygen atoms in total. The maximum absolute atomic E-state index is 5.61. The monoisotopic (exact) mass is 1070 g/mol. The number of hydrogen-bond acceptors (Lipinski definition) is 6. The van der Waals surface area contributed by atoms with Gasteiger partial charge in [-0.25, -0.2) is 15.0 Å². The fourth-order valence-corrected chi connectivity index (χ4v) is 15.6. The number of thiophene rings is 2. The Kier molecular flexibility index (Phi) is 9.80. The summed E-state index contributed by atoms with van der Waals surface area (Å²) < 4.78 is 5.32. The van der Waals surface area contributed by atoms with E-state index in [-0.39, 0.29) is 0 Å². The summed E-state index contributed by atoms with van der Waals surface area (Å²) in [6, 6.07) is 90.8. The largest absolute Gasteiger partial charge is 0.254 e. The van der Waals surface area contributed by atoms with Gasteiger partial charge in [-0.15, -0.1) is 22.7 Å². The minimum absolute atomic E-state index is 0.841. The lowest BCUT2D eigenvalue weighted by Crippen LogP contribution is -1.96. The second-order valence-corrected chi connectivity index (χ2v) is 23.7. The van der Waals surface area contributed by atoms with Gasteiger partial charge in [-0.05, 0) is 114 Å². The summed E-state index contributed by atoms with van der Waals surface area (Å²) in [5.41, 5.74) is 13.9. The second-order valence-electron chi connectivity index (χ2n) is 21.6. The van der Waals surface area contributed by atoms with Gasteiger partial charge in [-0.1, -0.05) is 200 Å². The van der Waals surface area contributed by atoms with Gasteiger partial charge in [-0.2, -0.15) is 0 Å². The molecule has 6 heteroatoms. The van der Waals surface area contributed by atoms with Crippen LogP contribution in [0.15, 0.2) is 255 Å². The molecule has 0 spiro atoms. The van der Waals surface area contributed by atoms with E-state index in [1.165, 1.54) is 94.9 Å². The Morgan fingerprint density at radius 2 is 0.646 bits per heavy atom. The minimum atomic E-state index is 0.841. The third-order valence-electron chi connectivity index (χ3n) is 17.1. The summed E-state index contributed by atoms with van der Waals surface area (Å²) in [6.45, 7) is 0. The van der Waals surface area contributed by atoms with E-state index in [0.717, 1.165) is 88.2 Å². The SMILES string of the molecule is c1cnc2c(c1)ccc1c(-c3ccc4ccc5ccc(-c6ccc(-c7ccc8c(ccc9c%10ccccc%10sc89)c7)c7ccccc67)nc5c4n3)cc(-c3ccc(-c4ccc5c(ccc6c7ccccc7sc56)c4)c4ccccc34)nc12. The first-order valence-electron chi connectivity index (χ1n) is 27.7. The van der Waals surface area contributed by atoms with Crippen LogP contribution >= 0.6 is 22.7 Å². The van der Waals surface area contributed by atoms with Gasteiger partial charge in [0.25, 0.3) is 0 Å². The third-order valence-corrected chi connectivity index (χ3v) is 19.5. The van der Waals surface area contributed by atoms with Crippen LogP contribution in [0.2, 0.25) is 0 Å². The number of pyridine rings is 4. The standard InChI is InChI=1S/C76H42N4S2/c1-3-13-56-54(11-1)50(46-22-28-52-48(40-46)24-31-63-60-15-5-7-17-69(60)81-75(52)63)33-35-58(56)66-37-26-44-19-20-45-27-38-67(79-73(45)72(44)78-66)65-42-68(80-74-62(65)30-21-43-10-9-39-77-71(43)74)59-36-34-51(55-12-2-4-14-57(55)59)47-23-29-53-49(41-47)25-32-64-61-16-6-8-18-70(61)82-76(53)64/h1-42H. The van der Waals surface area contributed by atoms with E-state index in [1.54, 1.807) is 0 Å². The first-order chi connectivity index (χ1) is 40.6. The fraction of sp³-hybridized carbons (Fsp3) is 0. The summed E-state index contributed by atoms with van der Waals surface area (Å²) in [5, 5.41) is 19.1. The molecule has 0 atom stereocenters. The molecular weight excluding hydrogens is 1030 g/mol. The van der Waals surface area contributed by atoms with E-state index in [4.69, 9.17) is 19.9 Å². The molecule has 82 heavy (non-hydrogen) atoms. The number of nitrogens with zero attached hydrogens (tertiary/aromatic N) is 4. The van der Waals surface area contributed by atoms with E-state index < -0.39 is 0 Å². The van der Waals surface area contributed by atoms with Crippen LogP contribution in [-0.2, 0) is 0 Å². The summed E-state index contributed by atoms with van der Waals surface area (Å²) in [7, 11) is 0. The summed E-state index contributed by atoms with van der Waals surface area (Å²) >= 11 is 3.76. The van der Waals surface area contributed by atoms with E-state index in [0.29, 0.717) is 0 Å². The van der Waals surface area contributed by atoms with Crippen LogP contribution < -0.4 is 0 Å². The zero-order chi connectivity index (χ0) is 53.6. The average molecular weight is 1080 g/mol. The van der Waals surface area contributed by atoms with Crippen molar-refractivity contribution in [3.8, 4) is 56.0 Å². The number of fused-ring (bicyclic) bond motifs is 18. The maximum atomic E-state index is 5.61. The zero-order valence-electron chi connectivity index (χ0n) is 43.9. The molecule has 0 aliphatic heterocycles. The quantitative estimate of drug-likeness (QED) is 0.161. The van der Waals surface area contributed by atoms with Gasteiger partial charge in [0.1, 0.15) is 0 Å². The molecule has 0 amide bonds. The number of rotatable bonds is 5. The fourth-order valence-electron chi connectivity index (χ4n) is 13.2. The Morgan fingerprint density at radius 1 is 0.232 bits per heavy atom. The molecule has 0 unspecified atom stereocenters. The van der Waals surface area contributed by atoms with Crippen LogP contribution in [-0.4, -0.2) is 19.9 Å². The molecule has 0 fully saturated rings. The highest BCUT2D eigenvalue weighted by Gasteiger charge is 2.20. The topological polar surface area (TPSA) is 51.6 Å². The van der Waals surface area contributed by atoms with Gasteiger partial charge in [0.15, 0.2) is 0 Å². The number of benzene rings is 12. The molecule has 0 bridgehead atoms. The van der Waals surface area contributed by atoms with Crippen molar-refractivity contribution in [1.29, 1.82) is 0 Å².